The number of nitrogens with zero attached hydrogens (tertiary/aromatic N) is 3. The Bertz CT molecular complexity index is 464. The van der Waals surface area contributed by atoms with Gasteiger partial charge in [0.25, 0.3) is 0 Å². The molecule has 2 aromatic rings. The summed E-state index contributed by atoms with van der Waals surface area (Å²) in [5.74, 6) is 0.848. The van der Waals surface area contributed by atoms with Crippen molar-refractivity contribution >= 4 is 15.9 Å². The quantitative estimate of drug-likeness (QED) is 0.901. The first-order valence-electron chi connectivity index (χ1n) is 4.55. The highest BCUT2D eigenvalue weighted by Gasteiger charge is 2.13. The lowest BCUT2D eigenvalue weighted by molar-refractivity contribution is 0.798. The standard InChI is InChI=1S/C10H11BrN4/c1-15-8(5-12)14-10(11)9(15)7-3-2-4-13-6-7/h2-4,6H,5,12H2,1H3. The molecule has 0 aliphatic rings. The van der Waals surface area contributed by atoms with E-state index >= 15 is 0 Å². The molecule has 2 rings (SSSR count). The van der Waals surface area contributed by atoms with Crippen molar-refractivity contribution in [3.63, 3.8) is 0 Å². The molecule has 0 aromatic carbocycles. The predicted octanol–water partition coefficient (Wildman–Crippen LogP) is 1.70. The van der Waals surface area contributed by atoms with Crippen molar-refractivity contribution in [2.45, 2.75) is 6.54 Å². The third-order valence-corrected chi connectivity index (χ3v) is 2.82. The number of imidazole rings is 1. The number of pyridine rings is 1. The summed E-state index contributed by atoms with van der Waals surface area (Å²) in [6, 6.07) is 3.89. The normalized spacial score (nSPS) is 10.6. The lowest BCUT2D eigenvalue weighted by atomic mass is 10.2. The van der Waals surface area contributed by atoms with Gasteiger partial charge in [-0.15, -0.1) is 0 Å². The van der Waals surface area contributed by atoms with E-state index in [2.05, 4.69) is 25.9 Å². The second-order valence-corrected chi connectivity index (χ2v) is 3.92. The van der Waals surface area contributed by atoms with Gasteiger partial charge >= 0.3 is 0 Å². The van der Waals surface area contributed by atoms with Crippen LogP contribution in [0.5, 0.6) is 0 Å². The zero-order valence-electron chi connectivity index (χ0n) is 8.31. The predicted molar refractivity (Wildman–Crippen MR) is 62.0 cm³/mol. The molecule has 0 spiro atoms. The minimum Gasteiger partial charge on any atom is -0.329 e. The molecule has 0 aliphatic carbocycles. The summed E-state index contributed by atoms with van der Waals surface area (Å²) in [7, 11) is 1.95. The minimum atomic E-state index is 0.426. The number of hydrogen-bond acceptors (Lipinski definition) is 3. The molecule has 0 unspecified atom stereocenters. The Morgan fingerprint density at radius 1 is 1.53 bits per heavy atom. The maximum absolute atomic E-state index is 5.59. The second kappa shape index (κ2) is 4.12. The van der Waals surface area contributed by atoms with Crippen molar-refractivity contribution in [2.24, 2.45) is 12.8 Å². The zero-order valence-corrected chi connectivity index (χ0v) is 9.90. The molecule has 0 saturated carbocycles. The lowest BCUT2D eigenvalue weighted by Gasteiger charge is -2.04. The van der Waals surface area contributed by atoms with Gasteiger partial charge in [0.05, 0.1) is 12.2 Å². The first-order chi connectivity index (χ1) is 7.24. The molecule has 15 heavy (non-hydrogen) atoms. The van der Waals surface area contributed by atoms with Crippen LogP contribution in [0.25, 0.3) is 11.3 Å². The summed E-state index contributed by atoms with van der Waals surface area (Å²) in [6.45, 7) is 0.426. The smallest absolute Gasteiger partial charge is 0.132 e. The largest absolute Gasteiger partial charge is 0.329 e. The molecule has 0 radical (unpaired) electrons. The molecule has 5 heteroatoms. The van der Waals surface area contributed by atoms with Crippen molar-refractivity contribution in [3.8, 4) is 11.3 Å². The van der Waals surface area contributed by atoms with Gasteiger partial charge in [0.15, 0.2) is 0 Å². The van der Waals surface area contributed by atoms with E-state index in [4.69, 9.17) is 5.73 Å². The Morgan fingerprint density at radius 3 is 2.87 bits per heavy atom. The number of nitrogens with two attached hydrogens (primary N) is 1. The Balaban J connectivity index is 2.58. The summed E-state index contributed by atoms with van der Waals surface area (Å²) in [4.78, 5) is 8.42. The van der Waals surface area contributed by atoms with Crippen molar-refractivity contribution in [3.05, 3.63) is 35.0 Å². The highest BCUT2D eigenvalue weighted by atomic mass is 79.9. The fourth-order valence-electron chi connectivity index (χ4n) is 1.51. The molecule has 0 saturated heterocycles. The fourth-order valence-corrected chi connectivity index (χ4v) is 2.21. The summed E-state index contributed by atoms with van der Waals surface area (Å²) < 4.78 is 2.78. The summed E-state index contributed by atoms with van der Waals surface area (Å²) in [5.41, 5.74) is 7.62. The number of rotatable bonds is 2. The topological polar surface area (TPSA) is 56.7 Å². The van der Waals surface area contributed by atoms with E-state index in [0.29, 0.717) is 6.54 Å². The molecule has 2 heterocycles. The van der Waals surface area contributed by atoms with Gasteiger partial charge < -0.3 is 10.3 Å². The SMILES string of the molecule is Cn1c(CN)nc(Br)c1-c1cccnc1. The molecular formula is C10H11BrN4. The van der Waals surface area contributed by atoms with Crippen LogP contribution in [0, 0.1) is 0 Å². The first kappa shape index (κ1) is 10.3. The Kier molecular flexibility index (Phi) is 2.83. The van der Waals surface area contributed by atoms with Crippen LogP contribution < -0.4 is 5.73 Å². The summed E-state index contributed by atoms with van der Waals surface area (Å²) in [5, 5.41) is 0. The minimum absolute atomic E-state index is 0.426. The van der Waals surface area contributed by atoms with Crippen molar-refractivity contribution < 1.29 is 0 Å². The average molecular weight is 267 g/mol. The van der Waals surface area contributed by atoms with E-state index in [1.807, 2.05) is 29.9 Å². The van der Waals surface area contributed by atoms with E-state index in [1.54, 1.807) is 6.20 Å². The Morgan fingerprint density at radius 2 is 2.33 bits per heavy atom. The van der Waals surface area contributed by atoms with Crippen LogP contribution in [0.4, 0.5) is 0 Å². The van der Waals surface area contributed by atoms with Crippen molar-refractivity contribution in [1.29, 1.82) is 0 Å². The van der Waals surface area contributed by atoms with Gasteiger partial charge in [0.2, 0.25) is 0 Å². The molecule has 2 N–H and O–H groups in total. The van der Waals surface area contributed by atoms with Crippen LogP contribution >= 0.6 is 15.9 Å². The summed E-state index contributed by atoms with van der Waals surface area (Å²) in [6.07, 6.45) is 3.56. The third-order valence-electron chi connectivity index (χ3n) is 2.26. The lowest BCUT2D eigenvalue weighted by Crippen LogP contribution is -2.05. The van der Waals surface area contributed by atoms with Crippen LogP contribution in [0.3, 0.4) is 0 Å². The van der Waals surface area contributed by atoms with Gasteiger partial charge in [-0.1, -0.05) is 0 Å². The highest BCUT2D eigenvalue weighted by molar-refractivity contribution is 9.10. The average Bonchev–Trinajstić information content (AvgIpc) is 2.55. The van der Waals surface area contributed by atoms with Gasteiger partial charge in [0, 0.05) is 25.0 Å². The number of hydrogen-bond donors (Lipinski definition) is 1. The number of aromatic nitrogens is 3. The molecule has 4 nitrogen and oxygen atoms in total. The van der Waals surface area contributed by atoms with E-state index < -0.39 is 0 Å². The molecular weight excluding hydrogens is 256 g/mol. The third kappa shape index (κ3) is 1.80. The van der Waals surface area contributed by atoms with Crippen LogP contribution in [-0.4, -0.2) is 14.5 Å². The van der Waals surface area contributed by atoms with Gasteiger partial charge in [0.1, 0.15) is 10.4 Å². The van der Waals surface area contributed by atoms with Crippen LogP contribution in [0.15, 0.2) is 29.1 Å². The van der Waals surface area contributed by atoms with Crippen molar-refractivity contribution in [1.82, 2.24) is 14.5 Å². The Hall–Kier alpha value is -1.20. The Labute approximate surface area is 96.3 Å². The van der Waals surface area contributed by atoms with Crippen LogP contribution in [-0.2, 0) is 13.6 Å². The maximum Gasteiger partial charge on any atom is 0.132 e. The first-order valence-corrected chi connectivity index (χ1v) is 5.35. The van der Waals surface area contributed by atoms with E-state index in [-0.39, 0.29) is 0 Å². The zero-order chi connectivity index (χ0) is 10.8. The van der Waals surface area contributed by atoms with Gasteiger partial charge in [-0.3, -0.25) is 4.98 Å². The van der Waals surface area contributed by atoms with Crippen molar-refractivity contribution in [2.75, 3.05) is 0 Å². The molecule has 0 atom stereocenters. The molecule has 0 aliphatic heterocycles. The van der Waals surface area contributed by atoms with E-state index in [1.165, 1.54) is 0 Å². The highest BCUT2D eigenvalue weighted by Crippen LogP contribution is 2.27. The second-order valence-electron chi connectivity index (χ2n) is 3.17. The van der Waals surface area contributed by atoms with E-state index in [9.17, 15) is 0 Å². The summed E-state index contributed by atoms with van der Waals surface area (Å²) >= 11 is 3.43. The number of halogens is 1. The molecule has 0 amide bonds. The van der Waals surface area contributed by atoms with Gasteiger partial charge in [-0.2, -0.15) is 0 Å². The molecule has 2 aromatic heterocycles. The maximum atomic E-state index is 5.59. The molecule has 78 valence electrons. The van der Waals surface area contributed by atoms with Gasteiger partial charge in [-0.25, -0.2) is 4.98 Å². The van der Waals surface area contributed by atoms with Gasteiger partial charge in [-0.05, 0) is 28.1 Å². The fraction of sp³-hybridized carbons (Fsp3) is 0.200. The monoisotopic (exact) mass is 266 g/mol. The van der Waals surface area contributed by atoms with E-state index in [0.717, 1.165) is 21.7 Å². The van der Waals surface area contributed by atoms with Crippen LogP contribution in [0.1, 0.15) is 5.82 Å². The molecule has 0 bridgehead atoms. The van der Waals surface area contributed by atoms with Crippen LogP contribution in [0.2, 0.25) is 0 Å². The molecule has 0 fully saturated rings.